The molecule has 0 bridgehead atoms. The van der Waals surface area contributed by atoms with Crippen LogP contribution >= 0.6 is 0 Å². The monoisotopic (exact) mass is 382 g/mol. The van der Waals surface area contributed by atoms with Gasteiger partial charge in [-0.1, -0.05) is 0 Å². The van der Waals surface area contributed by atoms with Crippen LogP contribution in [0.3, 0.4) is 0 Å². The van der Waals surface area contributed by atoms with Gasteiger partial charge in [0.2, 0.25) is 0 Å². The Kier molecular flexibility index (Phi) is 4.63. The average Bonchev–Trinajstić information content (AvgIpc) is 3.27. The van der Waals surface area contributed by atoms with Crippen molar-refractivity contribution in [1.29, 1.82) is 0 Å². The normalized spacial score (nSPS) is 30.4. The molecule has 0 radical (unpaired) electrons. The van der Waals surface area contributed by atoms with Crippen molar-refractivity contribution >= 4 is 0 Å². The summed E-state index contributed by atoms with van der Waals surface area (Å²) in [6.45, 7) is 7.07. The number of fused-ring (bicyclic) bond motifs is 1. The summed E-state index contributed by atoms with van der Waals surface area (Å²) in [6, 6.07) is 4.63. The predicted molar refractivity (Wildman–Crippen MR) is 106 cm³/mol. The molecule has 0 aromatic carbocycles. The molecular formula is C22H30N4O2. The second kappa shape index (κ2) is 7.16. The first-order chi connectivity index (χ1) is 13.6. The molecule has 1 saturated heterocycles. The van der Waals surface area contributed by atoms with E-state index < -0.39 is 6.10 Å². The minimum Gasteiger partial charge on any atom is -0.486 e. The predicted octanol–water partition coefficient (Wildman–Crippen LogP) is 2.88. The molecule has 2 aromatic rings. The fraction of sp³-hybridized carbons (Fsp3) is 0.636. The maximum Gasteiger partial charge on any atom is 0.141 e. The Balaban J connectivity index is 1.23. The van der Waals surface area contributed by atoms with Crippen molar-refractivity contribution in [2.45, 2.75) is 64.3 Å². The van der Waals surface area contributed by atoms with E-state index in [1.807, 2.05) is 38.5 Å². The molecule has 5 rings (SSSR count). The van der Waals surface area contributed by atoms with E-state index in [4.69, 9.17) is 4.74 Å². The van der Waals surface area contributed by atoms with Gasteiger partial charge in [-0.3, -0.25) is 9.88 Å². The minimum absolute atomic E-state index is 0.138. The number of imidazole rings is 1. The maximum atomic E-state index is 10.7. The highest BCUT2D eigenvalue weighted by atomic mass is 16.5. The highest BCUT2D eigenvalue weighted by Gasteiger charge is 2.43. The van der Waals surface area contributed by atoms with Gasteiger partial charge in [-0.15, -0.1) is 0 Å². The Morgan fingerprint density at radius 3 is 2.68 bits per heavy atom. The summed E-state index contributed by atoms with van der Waals surface area (Å²) in [5.74, 6) is 1.95. The third kappa shape index (κ3) is 3.55. The molecule has 3 fully saturated rings. The molecule has 1 aliphatic heterocycles. The van der Waals surface area contributed by atoms with Crippen LogP contribution in [0.1, 0.15) is 48.8 Å². The van der Waals surface area contributed by atoms with Crippen LogP contribution in [-0.2, 0) is 6.54 Å². The van der Waals surface area contributed by atoms with Gasteiger partial charge in [-0.25, -0.2) is 4.98 Å². The number of hydrogen-bond donors (Lipinski definition) is 1. The van der Waals surface area contributed by atoms with E-state index in [9.17, 15) is 5.11 Å². The Morgan fingerprint density at radius 1 is 1.14 bits per heavy atom. The number of aliphatic hydroxyl groups excluding tert-OH is 1. The summed E-state index contributed by atoms with van der Waals surface area (Å²) in [5, 5.41) is 10.7. The summed E-state index contributed by atoms with van der Waals surface area (Å²) in [5.41, 5.74) is 3.22. The summed E-state index contributed by atoms with van der Waals surface area (Å²) in [6.07, 6.45) is 7.78. The van der Waals surface area contributed by atoms with Crippen LogP contribution < -0.4 is 4.74 Å². The molecular weight excluding hydrogens is 352 g/mol. The number of aryl methyl sites for hydroxylation is 2. The fourth-order valence-corrected chi connectivity index (χ4v) is 5.07. The van der Waals surface area contributed by atoms with Gasteiger partial charge >= 0.3 is 0 Å². The van der Waals surface area contributed by atoms with Gasteiger partial charge in [0.1, 0.15) is 11.9 Å². The van der Waals surface area contributed by atoms with Crippen molar-refractivity contribution in [1.82, 2.24) is 19.4 Å². The molecule has 2 aromatic heterocycles. The first kappa shape index (κ1) is 18.1. The Labute approximate surface area is 166 Å². The third-order valence-corrected chi connectivity index (χ3v) is 6.69. The van der Waals surface area contributed by atoms with E-state index in [0.717, 1.165) is 49.6 Å². The zero-order valence-electron chi connectivity index (χ0n) is 16.8. The molecule has 6 nitrogen and oxygen atoms in total. The average molecular weight is 383 g/mol. The molecule has 3 heterocycles. The van der Waals surface area contributed by atoms with Crippen molar-refractivity contribution in [3.63, 3.8) is 0 Å². The summed E-state index contributed by atoms with van der Waals surface area (Å²) >= 11 is 0. The van der Waals surface area contributed by atoms with Gasteiger partial charge in [0, 0.05) is 37.6 Å². The highest BCUT2D eigenvalue weighted by molar-refractivity contribution is 5.28. The lowest BCUT2D eigenvalue weighted by Crippen LogP contribution is -2.42. The largest absolute Gasteiger partial charge is 0.486 e. The Hall–Kier alpha value is -1.92. The van der Waals surface area contributed by atoms with E-state index in [-0.39, 0.29) is 6.10 Å². The lowest BCUT2D eigenvalue weighted by molar-refractivity contribution is -0.0236. The number of aliphatic hydroxyl groups is 1. The van der Waals surface area contributed by atoms with E-state index >= 15 is 0 Å². The van der Waals surface area contributed by atoms with Crippen molar-refractivity contribution in [2.75, 3.05) is 13.1 Å². The van der Waals surface area contributed by atoms with Gasteiger partial charge < -0.3 is 14.4 Å². The Bertz CT molecular complexity index is 847. The summed E-state index contributed by atoms with van der Waals surface area (Å²) < 4.78 is 8.57. The molecule has 2 aliphatic carbocycles. The molecule has 1 N–H and O–H groups in total. The standard InChI is InChI=1S/C22H30N4O2/c1-14-3-6-21(15(2)24-14)28-22-8-17-11-25(10-16(17)7-20(22)27)12-19-9-23-13-26(19)18-4-5-18/h3,6,9,13,16-18,20,22,27H,4-5,7-8,10-12H2,1-2H3/t16-,17+,20+,22+/m0/s1. The lowest BCUT2D eigenvalue weighted by atomic mass is 9.78. The lowest BCUT2D eigenvalue weighted by Gasteiger charge is -2.35. The van der Waals surface area contributed by atoms with E-state index in [1.54, 1.807) is 0 Å². The summed E-state index contributed by atoms with van der Waals surface area (Å²) in [4.78, 5) is 11.4. The highest BCUT2D eigenvalue weighted by Crippen LogP contribution is 2.40. The maximum absolute atomic E-state index is 10.7. The van der Waals surface area contributed by atoms with Gasteiger partial charge in [-0.2, -0.15) is 0 Å². The van der Waals surface area contributed by atoms with E-state index in [1.165, 1.54) is 18.5 Å². The van der Waals surface area contributed by atoms with Crippen molar-refractivity contribution in [3.05, 3.63) is 41.7 Å². The van der Waals surface area contributed by atoms with Gasteiger partial charge in [-0.05, 0) is 63.5 Å². The van der Waals surface area contributed by atoms with Gasteiger partial charge in [0.15, 0.2) is 0 Å². The van der Waals surface area contributed by atoms with E-state index in [0.29, 0.717) is 17.9 Å². The van der Waals surface area contributed by atoms with Crippen molar-refractivity contribution < 1.29 is 9.84 Å². The van der Waals surface area contributed by atoms with Crippen LogP contribution in [-0.4, -0.2) is 49.8 Å². The van der Waals surface area contributed by atoms with Crippen LogP contribution in [0.2, 0.25) is 0 Å². The molecule has 3 aliphatic rings. The number of rotatable bonds is 5. The molecule has 150 valence electrons. The second-order valence-electron chi connectivity index (χ2n) is 8.97. The van der Waals surface area contributed by atoms with Crippen LogP contribution in [0.15, 0.2) is 24.7 Å². The molecule has 2 saturated carbocycles. The zero-order chi connectivity index (χ0) is 19.3. The first-order valence-electron chi connectivity index (χ1n) is 10.6. The van der Waals surface area contributed by atoms with Gasteiger partial charge in [0.25, 0.3) is 0 Å². The van der Waals surface area contributed by atoms with E-state index in [2.05, 4.69) is 19.4 Å². The van der Waals surface area contributed by atoms with Crippen LogP contribution in [0, 0.1) is 25.7 Å². The van der Waals surface area contributed by atoms with Crippen LogP contribution in [0.25, 0.3) is 0 Å². The molecule has 0 amide bonds. The molecule has 4 atom stereocenters. The SMILES string of the molecule is Cc1ccc(O[C@@H]2C[C@@H]3CN(Cc4cncn4C4CC4)C[C@@H]3C[C@H]2O)c(C)n1. The first-order valence-corrected chi connectivity index (χ1v) is 10.6. The molecule has 0 unspecified atom stereocenters. The summed E-state index contributed by atoms with van der Waals surface area (Å²) in [7, 11) is 0. The number of pyridine rings is 1. The van der Waals surface area contributed by atoms with Gasteiger partial charge in [0.05, 0.1) is 23.8 Å². The van der Waals surface area contributed by atoms with Crippen LogP contribution in [0.4, 0.5) is 0 Å². The molecule has 0 spiro atoms. The number of hydrogen-bond acceptors (Lipinski definition) is 5. The number of likely N-dealkylation sites (tertiary alicyclic amines) is 1. The van der Waals surface area contributed by atoms with Crippen molar-refractivity contribution in [2.24, 2.45) is 11.8 Å². The minimum atomic E-state index is -0.404. The third-order valence-electron chi connectivity index (χ3n) is 6.69. The second-order valence-corrected chi connectivity index (χ2v) is 8.97. The fourth-order valence-electron chi connectivity index (χ4n) is 5.07. The zero-order valence-corrected chi connectivity index (χ0v) is 16.8. The Morgan fingerprint density at radius 2 is 1.93 bits per heavy atom. The number of nitrogens with zero attached hydrogens (tertiary/aromatic N) is 4. The molecule has 28 heavy (non-hydrogen) atoms. The topological polar surface area (TPSA) is 63.4 Å². The smallest absolute Gasteiger partial charge is 0.141 e. The van der Waals surface area contributed by atoms with Crippen LogP contribution in [0.5, 0.6) is 5.75 Å². The number of ether oxygens (including phenoxy) is 1. The quantitative estimate of drug-likeness (QED) is 0.862. The number of aromatic nitrogens is 3. The molecule has 6 heteroatoms. The van der Waals surface area contributed by atoms with Crippen molar-refractivity contribution in [3.8, 4) is 5.75 Å².